The van der Waals surface area contributed by atoms with Crippen LogP contribution < -0.4 is 0 Å². The van der Waals surface area contributed by atoms with Crippen molar-refractivity contribution in [3.63, 3.8) is 0 Å². The average molecular weight is 444 g/mol. The van der Waals surface area contributed by atoms with Gasteiger partial charge in [-0.05, 0) is 56.9 Å². The standard InChI is InChI=1S/C22H26FN5O2S/c1-3-28-20-10-11-26(31(29,30)18-8-6-17(23)7-9-18)14-19(20)21(25-28)22-24-12-15(2)27(22)13-16-4-5-16/h6-9,12,16H,3-5,10-11,13-14H2,1-2H3. The Morgan fingerprint density at radius 1 is 1.19 bits per heavy atom. The quantitative estimate of drug-likeness (QED) is 0.586. The van der Waals surface area contributed by atoms with Crippen LogP contribution in [0.25, 0.3) is 11.5 Å². The molecule has 7 nitrogen and oxygen atoms in total. The zero-order valence-electron chi connectivity index (χ0n) is 17.8. The van der Waals surface area contributed by atoms with Gasteiger partial charge in [0.15, 0.2) is 5.82 Å². The molecule has 0 bridgehead atoms. The van der Waals surface area contributed by atoms with Gasteiger partial charge >= 0.3 is 0 Å². The van der Waals surface area contributed by atoms with Crippen molar-refractivity contribution >= 4 is 10.0 Å². The van der Waals surface area contributed by atoms with Gasteiger partial charge in [0, 0.05) is 55.7 Å². The lowest BCUT2D eigenvalue weighted by atomic mass is 10.1. The molecule has 3 heterocycles. The molecular formula is C22H26FN5O2S. The number of aromatic nitrogens is 4. The van der Waals surface area contributed by atoms with E-state index in [0.29, 0.717) is 18.9 Å². The number of fused-ring (bicyclic) bond motifs is 1. The summed E-state index contributed by atoms with van der Waals surface area (Å²) in [5, 5.41) is 4.85. The topological polar surface area (TPSA) is 73.0 Å². The van der Waals surface area contributed by atoms with Crippen molar-refractivity contribution in [2.24, 2.45) is 5.92 Å². The Morgan fingerprint density at radius 2 is 1.94 bits per heavy atom. The van der Waals surface area contributed by atoms with Crippen LogP contribution in [0.3, 0.4) is 0 Å². The summed E-state index contributed by atoms with van der Waals surface area (Å²) in [6, 6.07) is 5.01. The Hall–Kier alpha value is -2.52. The maximum atomic E-state index is 13.3. The van der Waals surface area contributed by atoms with Gasteiger partial charge in [0.25, 0.3) is 0 Å². The summed E-state index contributed by atoms with van der Waals surface area (Å²) in [5.74, 6) is 1.05. The molecule has 0 radical (unpaired) electrons. The highest BCUT2D eigenvalue weighted by Gasteiger charge is 2.34. The van der Waals surface area contributed by atoms with Crippen molar-refractivity contribution in [2.45, 2.75) is 57.6 Å². The molecule has 5 rings (SSSR count). The summed E-state index contributed by atoms with van der Waals surface area (Å²) < 4.78 is 45.4. The second kappa shape index (κ2) is 7.56. The maximum Gasteiger partial charge on any atom is 0.243 e. The fourth-order valence-corrected chi connectivity index (χ4v) is 5.72. The van der Waals surface area contributed by atoms with Gasteiger partial charge in [-0.25, -0.2) is 17.8 Å². The minimum absolute atomic E-state index is 0.105. The summed E-state index contributed by atoms with van der Waals surface area (Å²) in [6.45, 7) is 6.34. The highest BCUT2D eigenvalue weighted by Crippen LogP contribution is 2.35. The molecule has 1 saturated carbocycles. The van der Waals surface area contributed by atoms with Crippen LogP contribution in [0.1, 0.15) is 36.7 Å². The first kappa shape index (κ1) is 20.4. The summed E-state index contributed by atoms with van der Waals surface area (Å²) in [4.78, 5) is 4.76. The molecule has 1 fully saturated rings. The maximum absolute atomic E-state index is 13.3. The molecule has 2 aromatic heterocycles. The van der Waals surface area contributed by atoms with Crippen LogP contribution in [0.5, 0.6) is 0 Å². The van der Waals surface area contributed by atoms with Crippen LogP contribution in [-0.2, 0) is 36.1 Å². The van der Waals surface area contributed by atoms with Crippen molar-refractivity contribution in [2.75, 3.05) is 6.54 Å². The molecule has 9 heteroatoms. The number of hydrogen-bond acceptors (Lipinski definition) is 4. The smallest absolute Gasteiger partial charge is 0.243 e. The monoisotopic (exact) mass is 443 g/mol. The Bertz CT molecular complexity index is 1230. The third-order valence-corrected chi connectivity index (χ3v) is 8.11. The Balaban J connectivity index is 1.54. The third kappa shape index (κ3) is 3.59. The predicted molar refractivity (Wildman–Crippen MR) is 114 cm³/mol. The van der Waals surface area contributed by atoms with E-state index in [0.717, 1.165) is 41.6 Å². The van der Waals surface area contributed by atoms with E-state index in [1.165, 1.54) is 41.4 Å². The molecule has 0 spiro atoms. The molecule has 1 aliphatic heterocycles. The second-order valence-electron chi connectivity index (χ2n) is 8.41. The van der Waals surface area contributed by atoms with E-state index in [9.17, 15) is 12.8 Å². The second-order valence-corrected chi connectivity index (χ2v) is 10.3. The van der Waals surface area contributed by atoms with Crippen molar-refractivity contribution < 1.29 is 12.8 Å². The lowest BCUT2D eigenvalue weighted by Crippen LogP contribution is -2.36. The van der Waals surface area contributed by atoms with Crippen molar-refractivity contribution in [3.8, 4) is 11.5 Å². The van der Waals surface area contributed by atoms with E-state index in [1.807, 2.05) is 24.7 Å². The number of nitrogens with zero attached hydrogens (tertiary/aromatic N) is 5. The Kier molecular flexibility index (Phi) is 4.97. The molecule has 3 aromatic rings. The Labute approximate surface area is 181 Å². The van der Waals surface area contributed by atoms with Gasteiger partial charge in [-0.1, -0.05) is 0 Å². The predicted octanol–water partition coefficient (Wildman–Crippen LogP) is 3.37. The SMILES string of the molecule is CCn1nc(-c2ncc(C)n2CC2CC2)c2c1CCN(S(=O)(=O)c1ccc(F)cc1)C2. The van der Waals surface area contributed by atoms with E-state index in [1.54, 1.807) is 0 Å². The van der Waals surface area contributed by atoms with Crippen LogP contribution in [0, 0.1) is 18.7 Å². The molecular weight excluding hydrogens is 417 g/mol. The zero-order chi connectivity index (χ0) is 21.8. The van der Waals surface area contributed by atoms with Crippen LogP contribution in [0.2, 0.25) is 0 Å². The number of rotatable bonds is 6. The minimum atomic E-state index is -3.73. The largest absolute Gasteiger partial charge is 0.327 e. The van der Waals surface area contributed by atoms with Gasteiger partial charge in [-0.3, -0.25) is 4.68 Å². The first-order chi connectivity index (χ1) is 14.9. The fraction of sp³-hybridized carbons (Fsp3) is 0.455. The fourth-order valence-electron chi connectivity index (χ4n) is 4.31. The summed E-state index contributed by atoms with van der Waals surface area (Å²) in [7, 11) is -3.73. The summed E-state index contributed by atoms with van der Waals surface area (Å²) >= 11 is 0. The van der Waals surface area contributed by atoms with Gasteiger partial charge in [0.2, 0.25) is 10.0 Å². The molecule has 0 atom stereocenters. The number of hydrogen-bond donors (Lipinski definition) is 0. The third-order valence-electron chi connectivity index (χ3n) is 6.25. The number of sulfonamides is 1. The highest BCUT2D eigenvalue weighted by atomic mass is 32.2. The molecule has 31 heavy (non-hydrogen) atoms. The van der Waals surface area contributed by atoms with E-state index in [4.69, 9.17) is 5.10 Å². The van der Waals surface area contributed by atoms with E-state index in [-0.39, 0.29) is 11.4 Å². The van der Waals surface area contributed by atoms with Gasteiger partial charge < -0.3 is 4.57 Å². The van der Waals surface area contributed by atoms with E-state index >= 15 is 0 Å². The minimum Gasteiger partial charge on any atom is -0.327 e. The van der Waals surface area contributed by atoms with Gasteiger partial charge in [0.1, 0.15) is 11.5 Å². The first-order valence-corrected chi connectivity index (χ1v) is 12.2. The first-order valence-electron chi connectivity index (χ1n) is 10.7. The van der Waals surface area contributed by atoms with E-state index in [2.05, 4.69) is 9.55 Å². The molecule has 2 aliphatic rings. The number of imidazole rings is 1. The average Bonchev–Trinajstić information content (AvgIpc) is 3.41. The normalized spacial score (nSPS) is 17.1. The van der Waals surface area contributed by atoms with Crippen LogP contribution in [0.4, 0.5) is 4.39 Å². The van der Waals surface area contributed by atoms with Gasteiger partial charge in [0.05, 0.1) is 4.90 Å². The van der Waals surface area contributed by atoms with Crippen LogP contribution >= 0.6 is 0 Å². The summed E-state index contributed by atoms with van der Waals surface area (Å²) in [5.41, 5.74) is 3.85. The molecule has 0 saturated heterocycles. The Morgan fingerprint density at radius 3 is 2.61 bits per heavy atom. The van der Waals surface area contributed by atoms with Crippen molar-refractivity contribution in [3.05, 3.63) is 53.2 Å². The lowest BCUT2D eigenvalue weighted by Gasteiger charge is -2.27. The van der Waals surface area contributed by atoms with Gasteiger partial charge in [-0.2, -0.15) is 9.40 Å². The summed E-state index contributed by atoms with van der Waals surface area (Å²) in [6.07, 6.45) is 4.92. The molecule has 164 valence electrons. The number of benzene rings is 1. The molecule has 1 aromatic carbocycles. The van der Waals surface area contributed by atoms with Gasteiger partial charge in [-0.15, -0.1) is 0 Å². The zero-order valence-corrected chi connectivity index (χ0v) is 18.6. The highest BCUT2D eigenvalue weighted by molar-refractivity contribution is 7.89. The van der Waals surface area contributed by atoms with E-state index < -0.39 is 15.8 Å². The lowest BCUT2D eigenvalue weighted by molar-refractivity contribution is 0.384. The van der Waals surface area contributed by atoms with Crippen molar-refractivity contribution in [1.82, 2.24) is 23.6 Å². The number of halogens is 1. The van der Waals surface area contributed by atoms with Crippen LogP contribution in [-0.4, -0.2) is 38.6 Å². The molecule has 1 aliphatic carbocycles. The molecule has 0 amide bonds. The van der Waals surface area contributed by atoms with Crippen molar-refractivity contribution in [1.29, 1.82) is 0 Å². The van der Waals surface area contributed by atoms with Crippen LogP contribution in [0.15, 0.2) is 35.4 Å². The molecule has 0 N–H and O–H groups in total. The molecule has 0 unspecified atom stereocenters. The number of aryl methyl sites for hydroxylation is 2.